The Balaban J connectivity index is 0.000000672. The third kappa shape index (κ3) is 5.84. The largest absolute Gasteiger partial charge is 0.503 e. The first-order chi connectivity index (χ1) is 16.8. The number of Topliss-reactive ketones (excluding diaryl/α,β-unsaturated/α-hetero) is 1. The Hall–Kier alpha value is -4.20. The number of halogens is 1. The molecular weight excluding hydrogens is 451 g/mol. The third-order valence-electron chi connectivity index (χ3n) is 5.98. The number of aromatic nitrogens is 1. The zero-order valence-electron chi connectivity index (χ0n) is 19.1. The summed E-state index contributed by atoms with van der Waals surface area (Å²) in [5, 5.41) is 16.9. The Morgan fingerprint density at radius 2 is 1.63 bits per heavy atom. The molecule has 3 N–H and O–H groups in total. The van der Waals surface area contributed by atoms with Crippen molar-refractivity contribution < 1.29 is 28.6 Å². The second-order valence-electron chi connectivity index (χ2n) is 8.52. The van der Waals surface area contributed by atoms with Gasteiger partial charge in [-0.05, 0) is 60.7 Å². The highest BCUT2D eigenvalue weighted by Gasteiger charge is 2.23. The van der Waals surface area contributed by atoms with Crippen molar-refractivity contribution in [1.29, 1.82) is 0 Å². The third-order valence-corrected chi connectivity index (χ3v) is 5.98. The van der Waals surface area contributed by atoms with Gasteiger partial charge in [0, 0.05) is 11.5 Å². The summed E-state index contributed by atoms with van der Waals surface area (Å²) < 4.78 is 20.4. The van der Waals surface area contributed by atoms with Gasteiger partial charge in [0.2, 0.25) is 0 Å². The lowest BCUT2D eigenvalue weighted by Crippen LogP contribution is -2.10. The van der Waals surface area contributed by atoms with Crippen LogP contribution < -0.4 is 5.32 Å². The van der Waals surface area contributed by atoms with Gasteiger partial charge in [-0.3, -0.25) is 4.79 Å². The van der Waals surface area contributed by atoms with E-state index < -0.39 is 12.0 Å². The van der Waals surface area contributed by atoms with Crippen molar-refractivity contribution in [2.75, 3.05) is 5.32 Å². The Bertz CT molecular complexity index is 1350. The van der Waals surface area contributed by atoms with Gasteiger partial charge in [0.25, 0.3) is 6.01 Å². The number of fused-ring (bicyclic) bond motifs is 1. The molecule has 0 unspecified atom stereocenters. The number of oxazole rings is 1. The molecule has 8 heteroatoms. The number of hydrogen-bond donors (Lipinski definition) is 3. The lowest BCUT2D eigenvalue weighted by molar-refractivity contribution is 0.0922. The molecule has 1 aliphatic carbocycles. The standard InChI is InChI=1S/C26H23FN2O2.CH2O3/c1-16-6-12-23-24(14-16)31-26(29-23)28-22-13-11-20(15-21(22)27)17-7-9-19(10-8-17)25(30)18-4-2-3-5-18;2-1(3)4/h6-15,18H,2-5H2,1H3,(H,28,29);(H2,2,3,4). The molecule has 35 heavy (non-hydrogen) atoms. The van der Waals surface area contributed by atoms with Gasteiger partial charge in [-0.25, -0.2) is 9.18 Å². The first-order valence-corrected chi connectivity index (χ1v) is 11.3. The van der Waals surface area contributed by atoms with Gasteiger partial charge in [0.1, 0.15) is 11.3 Å². The summed E-state index contributed by atoms with van der Waals surface area (Å²) in [7, 11) is 0. The average molecular weight is 477 g/mol. The minimum atomic E-state index is -1.83. The van der Waals surface area contributed by atoms with Crippen LogP contribution >= 0.6 is 0 Å². The Morgan fingerprint density at radius 3 is 2.29 bits per heavy atom. The zero-order chi connectivity index (χ0) is 24.9. The highest BCUT2D eigenvalue weighted by molar-refractivity contribution is 5.98. The number of carbonyl (C=O) groups is 2. The summed E-state index contributed by atoms with van der Waals surface area (Å²) in [5.41, 5.74) is 5.09. The molecule has 0 saturated heterocycles. The zero-order valence-corrected chi connectivity index (χ0v) is 19.1. The van der Waals surface area contributed by atoms with Crippen molar-refractivity contribution in [1.82, 2.24) is 4.98 Å². The summed E-state index contributed by atoms with van der Waals surface area (Å²) in [5.74, 6) is -0.0187. The highest BCUT2D eigenvalue weighted by Crippen LogP contribution is 2.30. The number of carbonyl (C=O) groups excluding carboxylic acids is 1. The Morgan fingerprint density at radius 1 is 0.971 bits per heavy atom. The molecule has 0 bridgehead atoms. The molecule has 4 aromatic rings. The molecule has 1 aliphatic rings. The molecule has 0 aliphatic heterocycles. The average Bonchev–Trinajstić information content (AvgIpc) is 3.49. The minimum absolute atomic E-state index is 0.157. The van der Waals surface area contributed by atoms with E-state index >= 15 is 0 Å². The van der Waals surface area contributed by atoms with Crippen molar-refractivity contribution in [2.45, 2.75) is 32.6 Å². The number of nitrogens with one attached hydrogen (secondary N) is 1. The molecule has 0 atom stereocenters. The van der Waals surface area contributed by atoms with E-state index in [0.717, 1.165) is 53.5 Å². The number of carboxylic acid groups (broad SMARTS) is 2. The molecule has 1 fully saturated rings. The maximum atomic E-state index is 14.8. The van der Waals surface area contributed by atoms with Crippen LogP contribution in [0.4, 0.5) is 20.9 Å². The highest BCUT2D eigenvalue weighted by atomic mass is 19.1. The molecule has 0 amide bonds. The van der Waals surface area contributed by atoms with Crippen LogP contribution in [0.1, 0.15) is 41.6 Å². The lowest BCUT2D eigenvalue weighted by atomic mass is 9.94. The molecule has 0 radical (unpaired) electrons. The fraction of sp³-hybridized carbons (Fsp3) is 0.222. The summed E-state index contributed by atoms with van der Waals surface area (Å²) in [6.45, 7) is 1.98. The summed E-state index contributed by atoms with van der Waals surface area (Å²) in [4.78, 5) is 25.5. The fourth-order valence-corrected chi connectivity index (χ4v) is 4.25. The molecule has 180 valence electrons. The number of ketones is 1. The maximum Gasteiger partial charge on any atom is 0.503 e. The van der Waals surface area contributed by atoms with Crippen LogP contribution in [0.3, 0.4) is 0 Å². The van der Waals surface area contributed by atoms with Crippen molar-refractivity contribution in [2.24, 2.45) is 5.92 Å². The SMILES string of the molecule is Cc1ccc2nc(Nc3ccc(-c4ccc(C(=O)C5CCCC5)cc4)cc3F)oc2c1.O=C(O)O. The van der Waals surface area contributed by atoms with E-state index in [4.69, 9.17) is 19.4 Å². The number of hydrogen-bond acceptors (Lipinski definition) is 5. The smallest absolute Gasteiger partial charge is 0.450 e. The monoisotopic (exact) mass is 476 g/mol. The quantitative estimate of drug-likeness (QED) is 0.259. The Labute approximate surface area is 201 Å². The van der Waals surface area contributed by atoms with E-state index in [1.807, 2.05) is 55.5 Å². The van der Waals surface area contributed by atoms with Crippen LogP contribution in [0.5, 0.6) is 0 Å². The number of rotatable bonds is 5. The van der Waals surface area contributed by atoms with E-state index in [1.165, 1.54) is 6.07 Å². The maximum absolute atomic E-state index is 14.8. The molecular formula is C27H25FN2O5. The molecule has 3 aromatic carbocycles. The second kappa shape index (κ2) is 10.4. The van der Waals surface area contributed by atoms with Crippen LogP contribution in [-0.4, -0.2) is 27.1 Å². The molecule has 1 heterocycles. The van der Waals surface area contributed by atoms with Gasteiger partial charge in [-0.15, -0.1) is 0 Å². The van der Waals surface area contributed by atoms with E-state index in [0.29, 0.717) is 11.3 Å². The van der Waals surface area contributed by atoms with Crippen LogP contribution in [0.2, 0.25) is 0 Å². The van der Waals surface area contributed by atoms with E-state index in [2.05, 4.69) is 10.3 Å². The number of anilines is 2. The van der Waals surface area contributed by atoms with E-state index in [-0.39, 0.29) is 17.7 Å². The molecule has 7 nitrogen and oxygen atoms in total. The van der Waals surface area contributed by atoms with Gasteiger partial charge in [0.15, 0.2) is 11.4 Å². The number of benzene rings is 3. The van der Waals surface area contributed by atoms with E-state index in [9.17, 15) is 9.18 Å². The van der Waals surface area contributed by atoms with Crippen LogP contribution in [0, 0.1) is 18.7 Å². The van der Waals surface area contributed by atoms with Gasteiger partial charge >= 0.3 is 6.16 Å². The second-order valence-corrected chi connectivity index (χ2v) is 8.52. The van der Waals surface area contributed by atoms with Crippen molar-refractivity contribution in [3.8, 4) is 11.1 Å². The normalized spacial score (nSPS) is 13.3. The first kappa shape index (κ1) is 23.9. The van der Waals surface area contributed by atoms with Crippen molar-refractivity contribution in [3.63, 3.8) is 0 Å². The predicted molar refractivity (Wildman–Crippen MR) is 131 cm³/mol. The topological polar surface area (TPSA) is 113 Å². The minimum Gasteiger partial charge on any atom is -0.450 e. The molecule has 1 saturated carbocycles. The van der Waals surface area contributed by atoms with Crippen molar-refractivity contribution in [3.05, 3.63) is 77.6 Å². The summed E-state index contributed by atoms with van der Waals surface area (Å²) >= 11 is 0. The fourth-order valence-electron chi connectivity index (χ4n) is 4.25. The van der Waals surface area contributed by atoms with Gasteiger partial charge in [-0.2, -0.15) is 4.98 Å². The van der Waals surface area contributed by atoms with Gasteiger partial charge < -0.3 is 19.9 Å². The summed E-state index contributed by atoms with van der Waals surface area (Å²) in [6, 6.07) is 18.4. The molecule has 5 rings (SSSR count). The number of nitrogens with zero attached hydrogens (tertiary/aromatic N) is 1. The predicted octanol–water partition coefficient (Wildman–Crippen LogP) is 7.28. The van der Waals surface area contributed by atoms with Crippen LogP contribution in [0.25, 0.3) is 22.2 Å². The number of aryl methyl sites for hydroxylation is 1. The van der Waals surface area contributed by atoms with E-state index in [1.54, 1.807) is 6.07 Å². The van der Waals surface area contributed by atoms with Gasteiger partial charge in [-0.1, -0.05) is 49.2 Å². The van der Waals surface area contributed by atoms with Crippen molar-refractivity contribution >= 4 is 34.7 Å². The molecule has 0 spiro atoms. The van der Waals surface area contributed by atoms with Crippen LogP contribution in [0.15, 0.2) is 65.1 Å². The van der Waals surface area contributed by atoms with Crippen LogP contribution in [-0.2, 0) is 0 Å². The molecule has 1 aromatic heterocycles. The Kier molecular flexibility index (Phi) is 7.10. The lowest BCUT2D eigenvalue weighted by Gasteiger charge is -2.10. The summed E-state index contributed by atoms with van der Waals surface area (Å²) in [6.07, 6.45) is 2.41. The first-order valence-electron chi connectivity index (χ1n) is 11.3. The van der Waals surface area contributed by atoms with Gasteiger partial charge in [0.05, 0.1) is 5.69 Å².